The van der Waals surface area contributed by atoms with Crippen molar-refractivity contribution in [2.75, 3.05) is 56.2 Å². The van der Waals surface area contributed by atoms with Gasteiger partial charge in [-0.25, -0.2) is 0 Å². The second kappa shape index (κ2) is 25.9. The third-order valence-electron chi connectivity index (χ3n) is 9.69. The van der Waals surface area contributed by atoms with Gasteiger partial charge in [0.15, 0.2) is 0 Å². The fourth-order valence-electron chi connectivity index (χ4n) is 6.57. The van der Waals surface area contributed by atoms with Gasteiger partial charge in [0.25, 0.3) is 5.91 Å². The summed E-state index contributed by atoms with van der Waals surface area (Å²) in [5.41, 5.74) is 6.57. The number of carbonyl (C=O) groups excluding carboxylic acids is 1. The maximum absolute atomic E-state index is 12.8. The highest BCUT2D eigenvalue weighted by Gasteiger charge is 2.30. The molecule has 0 atom stereocenters. The van der Waals surface area contributed by atoms with Gasteiger partial charge in [-0.3, -0.25) is 9.52 Å². The average Bonchev–Trinajstić information content (AvgIpc) is 3.25. The Kier molecular flexibility index (Phi) is 21.1. The van der Waals surface area contributed by atoms with Crippen molar-refractivity contribution in [2.24, 2.45) is 5.92 Å². The van der Waals surface area contributed by atoms with E-state index in [2.05, 4.69) is 82.2 Å². The summed E-state index contributed by atoms with van der Waals surface area (Å²) in [7, 11) is 2.06. The monoisotopic (exact) mass is 896 g/mol. The van der Waals surface area contributed by atoms with Crippen LogP contribution in [0.5, 0.6) is 0 Å². The van der Waals surface area contributed by atoms with Crippen molar-refractivity contribution in [3.63, 3.8) is 0 Å². The molecule has 13 heteroatoms. The zero-order chi connectivity index (χ0) is 43.3. The van der Waals surface area contributed by atoms with Gasteiger partial charge >= 0.3 is 5.51 Å². The number of benzene rings is 5. The van der Waals surface area contributed by atoms with Crippen LogP contribution in [0.15, 0.2) is 136 Å². The van der Waals surface area contributed by atoms with E-state index in [1.807, 2.05) is 55.9 Å². The van der Waals surface area contributed by atoms with E-state index < -0.39 is 5.51 Å². The molecule has 322 valence electrons. The normalized spacial score (nSPS) is 12.9. The highest BCUT2D eigenvalue weighted by molar-refractivity contribution is 8.00. The van der Waals surface area contributed by atoms with Crippen molar-refractivity contribution >= 4 is 64.4 Å². The number of nitrogens with two attached hydrogens (primary N) is 1. The van der Waals surface area contributed by atoms with E-state index in [1.165, 1.54) is 52.3 Å². The fourth-order valence-corrected chi connectivity index (χ4v) is 8.96. The van der Waals surface area contributed by atoms with Gasteiger partial charge in [-0.15, -0.1) is 11.8 Å². The second-order valence-corrected chi connectivity index (χ2v) is 17.6. The predicted molar refractivity (Wildman–Crippen MR) is 250 cm³/mol. The van der Waals surface area contributed by atoms with Crippen molar-refractivity contribution in [3.8, 4) is 11.1 Å². The van der Waals surface area contributed by atoms with E-state index in [9.17, 15) is 18.0 Å². The number of hydrogen-bond donors (Lipinski definition) is 3. The first-order valence-electron chi connectivity index (χ1n) is 20.3. The van der Waals surface area contributed by atoms with Gasteiger partial charge in [0.1, 0.15) is 0 Å². The SMILES string of the molecule is CC.CN(CCO)CCCCSc1ccccc1.Nc1ccc(SNC(=O)c2ccc(N3CCC(Cc4ccccc4-c4ccc(Cl)cc4)CC3)cc2)cc1SC(F)(F)F. The van der Waals surface area contributed by atoms with Crippen molar-refractivity contribution in [1.82, 2.24) is 9.62 Å². The number of hydrogen-bond acceptors (Lipinski definition) is 8. The number of halogens is 4. The van der Waals surface area contributed by atoms with Gasteiger partial charge in [0, 0.05) is 56.3 Å². The lowest BCUT2D eigenvalue weighted by Crippen LogP contribution is -2.34. The zero-order valence-corrected chi connectivity index (χ0v) is 37.7. The summed E-state index contributed by atoms with van der Waals surface area (Å²) in [5, 5.41) is 9.47. The van der Waals surface area contributed by atoms with Crippen LogP contribution in [-0.2, 0) is 6.42 Å². The van der Waals surface area contributed by atoms with Crippen molar-refractivity contribution < 1.29 is 23.1 Å². The number of nitrogen functional groups attached to an aromatic ring is 1. The first kappa shape index (κ1) is 48.9. The third kappa shape index (κ3) is 16.9. The molecule has 6 nitrogen and oxygen atoms in total. The van der Waals surface area contributed by atoms with Gasteiger partial charge in [-0.1, -0.05) is 80.0 Å². The van der Waals surface area contributed by atoms with Gasteiger partial charge < -0.3 is 20.6 Å². The van der Waals surface area contributed by atoms with E-state index in [0.29, 0.717) is 16.4 Å². The molecule has 60 heavy (non-hydrogen) atoms. The number of thioether (sulfide) groups is 2. The highest BCUT2D eigenvalue weighted by atomic mass is 35.5. The Balaban J connectivity index is 0.000000370. The molecule has 1 saturated heterocycles. The van der Waals surface area contributed by atoms with Gasteiger partial charge in [0.2, 0.25) is 0 Å². The number of aliphatic hydroxyl groups excluding tert-OH is 1. The topological polar surface area (TPSA) is 81.8 Å². The van der Waals surface area contributed by atoms with Crippen LogP contribution in [-0.4, -0.2) is 67.0 Å². The summed E-state index contributed by atoms with van der Waals surface area (Å²) < 4.78 is 41.0. The molecule has 0 saturated carbocycles. The number of alkyl halides is 3. The van der Waals surface area contributed by atoms with Crippen molar-refractivity contribution in [3.05, 3.63) is 137 Å². The number of nitrogens with one attached hydrogen (secondary N) is 1. The molecule has 5 aromatic rings. The lowest BCUT2D eigenvalue weighted by atomic mass is 9.87. The maximum atomic E-state index is 12.8. The molecular weight excluding hydrogens is 841 g/mol. The number of carbonyl (C=O) groups is 1. The molecule has 0 radical (unpaired) electrons. The minimum atomic E-state index is -4.44. The van der Waals surface area contributed by atoms with E-state index in [1.54, 1.807) is 18.2 Å². The molecule has 0 spiro atoms. The molecule has 0 bridgehead atoms. The van der Waals surface area contributed by atoms with Gasteiger partial charge in [0.05, 0.1) is 6.61 Å². The number of unbranched alkanes of at least 4 members (excludes halogenated alkanes) is 1. The first-order valence-corrected chi connectivity index (χ1v) is 23.3. The molecule has 1 fully saturated rings. The minimum Gasteiger partial charge on any atom is -0.398 e. The molecule has 0 aromatic heterocycles. The molecule has 0 unspecified atom stereocenters. The average molecular weight is 898 g/mol. The van der Waals surface area contributed by atoms with Crippen molar-refractivity contribution in [1.29, 1.82) is 0 Å². The van der Waals surface area contributed by atoms with Crippen LogP contribution in [0.3, 0.4) is 0 Å². The molecular formula is C47H56ClF3N4O2S3. The number of aliphatic hydroxyl groups is 1. The summed E-state index contributed by atoms with van der Waals surface area (Å²) in [6, 6.07) is 38.8. The Morgan fingerprint density at radius 2 is 1.53 bits per heavy atom. The zero-order valence-electron chi connectivity index (χ0n) is 34.5. The Bertz CT molecular complexity index is 2000. The van der Waals surface area contributed by atoms with Crippen molar-refractivity contribution in [2.45, 2.75) is 66.1 Å². The van der Waals surface area contributed by atoms with E-state index >= 15 is 0 Å². The number of amides is 1. The van der Waals surface area contributed by atoms with E-state index in [-0.39, 0.29) is 34.9 Å². The van der Waals surface area contributed by atoms with Gasteiger partial charge in [-0.2, -0.15) is 13.2 Å². The van der Waals surface area contributed by atoms with Crippen LogP contribution in [0.25, 0.3) is 11.1 Å². The van der Waals surface area contributed by atoms with Gasteiger partial charge in [-0.05, 0) is 164 Å². The molecule has 1 aliphatic rings. The molecule has 1 amide bonds. The Morgan fingerprint density at radius 3 is 2.20 bits per heavy atom. The summed E-state index contributed by atoms with van der Waals surface area (Å²) >= 11 is 8.69. The molecule has 4 N–H and O–H groups in total. The lowest BCUT2D eigenvalue weighted by Gasteiger charge is -2.34. The Morgan fingerprint density at radius 1 is 0.867 bits per heavy atom. The summed E-state index contributed by atoms with van der Waals surface area (Å²) in [4.78, 5) is 18.9. The van der Waals surface area contributed by atoms with Crippen LogP contribution >= 0.6 is 47.1 Å². The summed E-state index contributed by atoms with van der Waals surface area (Å²) in [5.74, 6) is 1.43. The van der Waals surface area contributed by atoms with Crippen LogP contribution in [0.2, 0.25) is 5.02 Å². The van der Waals surface area contributed by atoms with E-state index in [0.717, 1.165) is 68.1 Å². The largest absolute Gasteiger partial charge is 0.446 e. The number of rotatable bonds is 16. The first-order chi connectivity index (χ1) is 29.0. The molecule has 6 rings (SSSR count). The third-order valence-corrected chi connectivity index (χ3v) is 12.6. The summed E-state index contributed by atoms with van der Waals surface area (Å²) in [6.07, 6.45) is 5.60. The molecule has 5 aromatic carbocycles. The number of piperidine rings is 1. The molecule has 1 heterocycles. The van der Waals surface area contributed by atoms with Crippen LogP contribution in [0, 0.1) is 5.92 Å². The second-order valence-electron chi connectivity index (χ2n) is 14.0. The lowest BCUT2D eigenvalue weighted by molar-refractivity contribution is -0.0328. The summed E-state index contributed by atoms with van der Waals surface area (Å²) in [6.45, 7) is 7.99. The maximum Gasteiger partial charge on any atom is 0.446 e. The predicted octanol–water partition coefficient (Wildman–Crippen LogP) is 12.6. The fraction of sp³-hybridized carbons (Fsp3) is 0.340. The van der Waals surface area contributed by atoms with E-state index in [4.69, 9.17) is 22.4 Å². The number of anilines is 2. The number of likely N-dealkylation sites (N-methyl/N-ethyl adjacent to an activating group) is 1. The smallest absolute Gasteiger partial charge is 0.398 e. The highest BCUT2D eigenvalue weighted by Crippen LogP contribution is 2.41. The molecule has 0 aliphatic carbocycles. The van der Waals surface area contributed by atoms with Crippen LogP contribution in [0.1, 0.15) is 55.5 Å². The Labute approximate surface area is 372 Å². The number of nitrogens with zero attached hydrogens (tertiary/aromatic N) is 2. The minimum absolute atomic E-state index is 0.0374. The standard InChI is InChI=1S/C32H29ClF3N3OS2.C13H21NOS.C2H6/c33-25-9-5-22(6-10-25)28-4-2-1-3-24(28)19-21-15-17-39(18-16-21)26-11-7-23(8-12-26)31(40)38-42-27-13-14-29(37)30(20-27)41-32(34,35)36;1-14(10-11-15)9-5-6-12-16-13-7-3-2-4-8-13;1-2/h1-14,20-21H,15-19,37H2,(H,38,40);2-4,7-8,15H,5-6,9-12H2,1H3;1-2H3. The van der Waals surface area contributed by atoms with Crippen LogP contribution < -0.4 is 15.4 Å². The molecule has 1 aliphatic heterocycles. The van der Waals surface area contributed by atoms with Crippen LogP contribution in [0.4, 0.5) is 24.5 Å². The quantitative estimate of drug-likeness (QED) is 0.0391. The Hall–Kier alpha value is -3.78.